The van der Waals surface area contributed by atoms with Crippen LogP contribution in [0.25, 0.3) is 0 Å². The predicted molar refractivity (Wildman–Crippen MR) is 82.4 cm³/mol. The summed E-state index contributed by atoms with van der Waals surface area (Å²) < 4.78 is 14.6. The molecule has 1 saturated heterocycles. The summed E-state index contributed by atoms with van der Waals surface area (Å²) in [5, 5.41) is 6.86. The average Bonchev–Trinajstić information content (AvgIpc) is 2.93. The number of aromatic nitrogens is 2. The molecule has 22 heavy (non-hydrogen) atoms. The van der Waals surface area contributed by atoms with E-state index in [1.54, 1.807) is 41.0 Å². The standard InChI is InChI=1S/C15H18FN5O/c1-19-14(6-7-17-19)18-15(22)21-10-8-20(9-11-21)13-4-2-12(16)3-5-13/h2-7H,8-11H2,1H3,(H,18,22). The summed E-state index contributed by atoms with van der Waals surface area (Å²) >= 11 is 0. The van der Waals surface area contributed by atoms with E-state index < -0.39 is 0 Å². The van der Waals surface area contributed by atoms with Crippen LogP contribution in [0, 0.1) is 5.82 Å². The highest BCUT2D eigenvalue weighted by Crippen LogP contribution is 2.17. The summed E-state index contributed by atoms with van der Waals surface area (Å²) in [6.45, 7) is 2.71. The fraction of sp³-hybridized carbons (Fsp3) is 0.333. The topological polar surface area (TPSA) is 53.4 Å². The van der Waals surface area contributed by atoms with Crippen molar-refractivity contribution < 1.29 is 9.18 Å². The lowest BCUT2D eigenvalue weighted by molar-refractivity contribution is 0.208. The molecule has 6 nitrogen and oxygen atoms in total. The molecule has 1 fully saturated rings. The lowest BCUT2D eigenvalue weighted by Crippen LogP contribution is -2.50. The number of aryl methyl sites for hydroxylation is 1. The molecule has 2 heterocycles. The molecule has 3 rings (SSSR count). The molecule has 0 bridgehead atoms. The third-order valence-corrected chi connectivity index (χ3v) is 3.81. The number of nitrogens with zero attached hydrogens (tertiary/aromatic N) is 4. The Hall–Kier alpha value is -2.57. The van der Waals surface area contributed by atoms with Crippen molar-refractivity contribution in [3.8, 4) is 0 Å². The third kappa shape index (κ3) is 3.03. The fourth-order valence-corrected chi connectivity index (χ4v) is 2.50. The zero-order valence-corrected chi connectivity index (χ0v) is 12.4. The van der Waals surface area contributed by atoms with Gasteiger partial charge in [-0.1, -0.05) is 0 Å². The van der Waals surface area contributed by atoms with E-state index in [-0.39, 0.29) is 11.8 Å². The maximum atomic E-state index is 12.9. The number of hydrogen-bond donors (Lipinski definition) is 1. The third-order valence-electron chi connectivity index (χ3n) is 3.81. The van der Waals surface area contributed by atoms with Gasteiger partial charge in [-0.05, 0) is 24.3 Å². The number of hydrogen-bond acceptors (Lipinski definition) is 3. The van der Waals surface area contributed by atoms with Gasteiger partial charge in [0.1, 0.15) is 11.6 Å². The second-order valence-corrected chi connectivity index (χ2v) is 5.22. The normalized spacial score (nSPS) is 15.0. The number of rotatable bonds is 2. The van der Waals surface area contributed by atoms with E-state index in [0.717, 1.165) is 18.8 Å². The Kier molecular flexibility index (Phi) is 3.95. The molecule has 1 aromatic carbocycles. The van der Waals surface area contributed by atoms with Crippen LogP contribution in [0.2, 0.25) is 0 Å². The number of benzene rings is 1. The zero-order valence-electron chi connectivity index (χ0n) is 12.4. The Bertz CT molecular complexity index is 646. The number of nitrogens with one attached hydrogen (secondary N) is 1. The van der Waals surface area contributed by atoms with E-state index in [1.165, 1.54) is 12.1 Å². The number of piperazine rings is 1. The Morgan fingerprint density at radius 3 is 2.41 bits per heavy atom. The van der Waals surface area contributed by atoms with E-state index in [4.69, 9.17) is 0 Å². The molecule has 1 aromatic heterocycles. The highest BCUT2D eigenvalue weighted by atomic mass is 19.1. The fourth-order valence-electron chi connectivity index (χ4n) is 2.50. The largest absolute Gasteiger partial charge is 0.368 e. The molecule has 0 aliphatic carbocycles. The minimum Gasteiger partial charge on any atom is -0.368 e. The molecule has 116 valence electrons. The molecule has 1 aliphatic heterocycles. The summed E-state index contributed by atoms with van der Waals surface area (Å²) in [6, 6.07) is 8.07. The minimum atomic E-state index is -0.238. The minimum absolute atomic E-state index is 0.123. The second kappa shape index (κ2) is 6.05. The second-order valence-electron chi connectivity index (χ2n) is 5.22. The van der Waals surface area contributed by atoms with Crippen LogP contribution in [0.3, 0.4) is 0 Å². The van der Waals surface area contributed by atoms with Gasteiger partial charge in [0.2, 0.25) is 0 Å². The molecule has 0 spiro atoms. The molecule has 2 aromatic rings. The highest BCUT2D eigenvalue weighted by molar-refractivity contribution is 5.88. The SMILES string of the molecule is Cn1nccc1NC(=O)N1CCN(c2ccc(F)cc2)CC1. The maximum absolute atomic E-state index is 12.9. The Balaban J connectivity index is 1.56. The number of urea groups is 1. The maximum Gasteiger partial charge on any atom is 0.323 e. The lowest BCUT2D eigenvalue weighted by atomic mass is 10.2. The van der Waals surface area contributed by atoms with Gasteiger partial charge in [-0.25, -0.2) is 9.18 Å². The first-order valence-electron chi connectivity index (χ1n) is 7.18. The van der Waals surface area contributed by atoms with Crippen molar-refractivity contribution in [3.05, 3.63) is 42.3 Å². The van der Waals surface area contributed by atoms with Crippen LogP contribution in [0.5, 0.6) is 0 Å². The van der Waals surface area contributed by atoms with E-state index >= 15 is 0 Å². The Morgan fingerprint density at radius 2 is 1.82 bits per heavy atom. The van der Waals surface area contributed by atoms with Gasteiger partial charge in [0.25, 0.3) is 0 Å². The monoisotopic (exact) mass is 303 g/mol. The molecule has 0 unspecified atom stereocenters. The zero-order chi connectivity index (χ0) is 15.5. The molecule has 2 amide bonds. The van der Waals surface area contributed by atoms with Gasteiger partial charge in [0, 0.05) is 45.0 Å². The van der Waals surface area contributed by atoms with Crippen molar-refractivity contribution in [2.45, 2.75) is 0 Å². The summed E-state index contributed by atoms with van der Waals surface area (Å²) in [7, 11) is 1.78. The van der Waals surface area contributed by atoms with E-state index in [9.17, 15) is 9.18 Å². The summed E-state index contributed by atoms with van der Waals surface area (Å²) in [5.41, 5.74) is 0.980. The van der Waals surface area contributed by atoms with Crippen LogP contribution in [0.4, 0.5) is 20.7 Å². The van der Waals surface area contributed by atoms with Crippen LogP contribution in [0.1, 0.15) is 0 Å². The van der Waals surface area contributed by atoms with Gasteiger partial charge in [-0.3, -0.25) is 10.00 Å². The van der Waals surface area contributed by atoms with Crippen molar-refractivity contribution in [1.29, 1.82) is 0 Å². The molecule has 0 atom stereocenters. The van der Waals surface area contributed by atoms with Crippen LogP contribution in [-0.4, -0.2) is 46.9 Å². The molecular formula is C15H18FN5O. The first kappa shape index (κ1) is 14.4. The summed E-state index contributed by atoms with van der Waals surface area (Å²) in [6.07, 6.45) is 1.64. The molecular weight excluding hydrogens is 285 g/mol. The summed E-state index contributed by atoms with van der Waals surface area (Å²) in [5.74, 6) is 0.434. The van der Waals surface area contributed by atoms with Crippen molar-refractivity contribution in [3.63, 3.8) is 0 Å². The van der Waals surface area contributed by atoms with Crippen LogP contribution < -0.4 is 10.2 Å². The molecule has 1 N–H and O–H groups in total. The van der Waals surface area contributed by atoms with E-state index in [1.807, 2.05) is 0 Å². The number of carbonyl (C=O) groups is 1. The molecule has 1 aliphatic rings. The predicted octanol–water partition coefficient (Wildman–Crippen LogP) is 1.91. The summed E-state index contributed by atoms with van der Waals surface area (Å²) in [4.78, 5) is 16.1. The van der Waals surface area contributed by atoms with Gasteiger partial charge < -0.3 is 9.80 Å². The first-order valence-corrected chi connectivity index (χ1v) is 7.18. The van der Waals surface area contributed by atoms with Crippen molar-refractivity contribution >= 4 is 17.5 Å². The van der Waals surface area contributed by atoms with Crippen LogP contribution >= 0.6 is 0 Å². The van der Waals surface area contributed by atoms with Crippen molar-refractivity contribution in [1.82, 2.24) is 14.7 Å². The average molecular weight is 303 g/mol. The van der Waals surface area contributed by atoms with Gasteiger partial charge in [-0.15, -0.1) is 0 Å². The van der Waals surface area contributed by atoms with Gasteiger partial charge in [0.05, 0.1) is 6.20 Å². The molecule has 7 heteroatoms. The number of halogens is 1. The van der Waals surface area contributed by atoms with E-state index in [2.05, 4.69) is 15.3 Å². The van der Waals surface area contributed by atoms with Crippen molar-refractivity contribution in [2.24, 2.45) is 7.05 Å². The number of amides is 2. The van der Waals surface area contributed by atoms with Crippen molar-refractivity contribution in [2.75, 3.05) is 36.4 Å². The Morgan fingerprint density at radius 1 is 1.14 bits per heavy atom. The lowest BCUT2D eigenvalue weighted by Gasteiger charge is -2.36. The number of carbonyl (C=O) groups excluding carboxylic acids is 1. The molecule has 0 saturated carbocycles. The van der Waals surface area contributed by atoms with Gasteiger partial charge in [-0.2, -0.15) is 5.10 Å². The molecule has 0 radical (unpaired) electrons. The number of anilines is 2. The van der Waals surface area contributed by atoms with Crippen LogP contribution in [-0.2, 0) is 7.05 Å². The van der Waals surface area contributed by atoms with E-state index in [0.29, 0.717) is 18.9 Å². The highest BCUT2D eigenvalue weighted by Gasteiger charge is 2.21. The van der Waals surface area contributed by atoms with Gasteiger partial charge in [0.15, 0.2) is 0 Å². The smallest absolute Gasteiger partial charge is 0.323 e. The first-order chi connectivity index (χ1) is 10.6. The quantitative estimate of drug-likeness (QED) is 0.922. The Labute approximate surface area is 128 Å². The van der Waals surface area contributed by atoms with Crippen LogP contribution in [0.15, 0.2) is 36.5 Å². The van der Waals surface area contributed by atoms with Gasteiger partial charge >= 0.3 is 6.03 Å².